The van der Waals surface area contributed by atoms with E-state index in [1.54, 1.807) is 0 Å². The van der Waals surface area contributed by atoms with Crippen molar-refractivity contribution < 1.29 is 4.74 Å². The summed E-state index contributed by atoms with van der Waals surface area (Å²) in [5.74, 6) is 0. The Bertz CT molecular complexity index is 240. The van der Waals surface area contributed by atoms with Gasteiger partial charge in [0.15, 0.2) is 0 Å². The van der Waals surface area contributed by atoms with Crippen molar-refractivity contribution in [1.29, 1.82) is 0 Å². The summed E-state index contributed by atoms with van der Waals surface area (Å²) in [6.45, 7) is 1.73. The monoisotopic (exact) mass is 185 g/mol. The first-order chi connectivity index (χ1) is 5.83. The van der Waals surface area contributed by atoms with Gasteiger partial charge in [-0.25, -0.2) is 0 Å². The van der Waals surface area contributed by atoms with E-state index in [4.69, 9.17) is 22.1 Å². The highest BCUT2D eigenvalue weighted by Crippen LogP contribution is 2.10. The van der Waals surface area contributed by atoms with E-state index in [0.29, 0.717) is 19.8 Å². The fraction of sp³-hybridized carbons (Fsp3) is 0.333. The molecule has 66 valence electrons. The molecule has 0 atom stereocenters. The molecule has 2 N–H and O–H groups in total. The lowest BCUT2D eigenvalue weighted by molar-refractivity contribution is 0.128. The van der Waals surface area contributed by atoms with Crippen molar-refractivity contribution in [3.8, 4) is 0 Å². The van der Waals surface area contributed by atoms with Crippen molar-refractivity contribution in [3.63, 3.8) is 0 Å². The number of halogens is 1. The van der Waals surface area contributed by atoms with E-state index >= 15 is 0 Å². The largest absolute Gasteiger partial charge is 0.375 e. The predicted molar refractivity (Wildman–Crippen MR) is 50.2 cm³/mol. The summed E-state index contributed by atoms with van der Waals surface area (Å²) in [5.41, 5.74) is 6.35. The van der Waals surface area contributed by atoms with Gasteiger partial charge in [-0.15, -0.1) is 0 Å². The summed E-state index contributed by atoms with van der Waals surface area (Å²) in [6.07, 6.45) is 0. The molecule has 0 heterocycles. The van der Waals surface area contributed by atoms with Crippen LogP contribution in [-0.2, 0) is 11.3 Å². The number of nitrogens with two attached hydrogens (primary N) is 1. The summed E-state index contributed by atoms with van der Waals surface area (Å²) in [5, 5.41) is 0.740. The quantitative estimate of drug-likeness (QED) is 0.727. The molecule has 2 nitrogen and oxygen atoms in total. The molecule has 12 heavy (non-hydrogen) atoms. The first-order valence-electron chi connectivity index (χ1n) is 3.85. The van der Waals surface area contributed by atoms with Crippen molar-refractivity contribution in [3.05, 3.63) is 34.9 Å². The maximum absolute atomic E-state index is 5.78. The molecule has 0 saturated carbocycles. The lowest BCUT2D eigenvalue weighted by atomic mass is 10.2. The van der Waals surface area contributed by atoms with Gasteiger partial charge < -0.3 is 10.5 Å². The van der Waals surface area contributed by atoms with Gasteiger partial charge in [0.25, 0.3) is 0 Å². The van der Waals surface area contributed by atoms with Crippen molar-refractivity contribution in [2.75, 3.05) is 13.2 Å². The van der Waals surface area contributed by atoms with Gasteiger partial charge >= 0.3 is 0 Å². The Balaban J connectivity index is 2.41. The molecule has 0 saturated heterocycles. The van der Waals surface area contributed by atoms with Crippen LogP contribution >= 0.6 is 11.6 Å². The second-order valence-corrected chi connectivity index (χ2v) is 2.91. The van der Waals surface area contributed by atoms with E-state index in [1.165, 1.54) is 0 Å². The fourth-order valence-electron chi connectivity index (χ4n) is 0.900. The maximum atomic E-state index is 5.78. The van der Waals surface area contributed by atoms with Gasteiger partial charge in [0.1, 0.15) is 0 Å². The Kier molecular flexibility index (Phi) is 4.08. The molecule has 0 aliphatic carbocycles. The van der Waals surface area contributed by atoms with Crippen LogP contribution in [0.4, 0.5) is 0 Å². The highest BCUT2D eigenvalue weighted by molar-refractivity contribution is 6.30. The zero-order valence-corrected chi connectivity index (χ0v) is 7.55. The van der Waals surface area contributed by atoms with Gasteiger partial charge in [0.2, 0.25) is 0 Å². The van der Waals surface area contributed by atoms with Gasteiger partial charge in [0.05, 0.1) is 13.2 Å². The van der Waals surface area contributed by atoms with Gasteiger partial charge in [-0.2, -0.15) is 0 Å². The second kappa shape index (κ2) is 5.14. The summed E-state index contributed by atoms with van der Waals surface area (Å²) in [7, 11) is 0. The Morgan fingerprint density at radius 3 is 2.92 bits per heavy atom. The Morgan fingerprint density at radius 1 is 1.42 bits per heavy atom. The van der Waals surface area contributed by atoms with Gasteiger partial charge in [-0.3, -0.25) is 0 Å². The van der Waals surface area contributed by atoms with Crippen LogP contribution in [0.5, 0.6) is 0 Å². The minimum absolute atomic E-state index is 0.556. The highest BCUT2D eigenvalue weighted by Gasteiger charge is 1.92. The van der Waals surface area contributed by atoms with Gasteiger partial charge in [0, 0.05) is 11.6 Å². The van der Waals surface area contributed by atoms with E-state index in [2.05, 4.69) is 0 Å². The highest BCUT2D eigenvalue weighted by atomic mass is 35.5. The van der Waals surface area contributed by atoms with E-state index in [0.717, 1.165) is 10.6 Å². The maximum Gasteiger partial charge on any atom is 0.0718 e. The molecule has 0 aromatic heterocycles. The smallest absolute Gasteiger partial charge is 0.0718 e. The topological polar surface area (TPSA) is 35.2 Å². The molecule has 0 aliphatic heterocycles. The molecule has 0 fully saturated rings. The zero-order chi connectivity index (χ0) is 8.81. The number of hydrogen-bond acceptors (Lipinski definition) is 2. The van der Waals surface area contributed by atoms with Crippen LogP contribution in [0.1, 0.15) is 5.56 Å². The minimum atomic E-state index is 0.556. The van der Waals surface area contributed by atoms with Gasteiger partial charge in [-0.1, -0.05) is 23.7 Å². The van der Waals surface area contributed by atoms with Crippen LogP contribution in [0.3, 0.4) is 0 Å². The molecule has 1 aromatic rings. The minimum Gasteiger partial charge on any atom is -0.375 e. The zero-order valence-electron chi connectivity index (χ0n) is 6.79. The summed E-state index contributed by atoms with van der Waals surface area (Å²) in [6, 6.07) is 7.61. The predicted octanol–water partition coefficient (Wildman–Crippen LogP) is 1.82. The third kappa shape index (κ3) is 3.22. The third-order valence-corrected chi connectivity index (χ3v) is 1.66. The normalized spacial score (nSPS) is 10.2. The van der Waals surface area contributed by atoms with Crippen LogP contribution in [0.15, 0.2) is 24.3 Å². The molecular formula is C9H12ClNO. The van der Waals surface area contributed by atoms with Crippen LogP contribution in [0, 0.1) is 0 Å². The van der Waals surface area contributed by atoms with Crippen molar-refractivity contribution in [1.82, 2.24) is 0 Å². The molecule has 3 heteroatoms. The molecule has 0 radical (unpaired) electrons. The molecule has 0 spiro atoms. The standard InChI is InChI=1S/C9H12ClNO/c10-9-3-1-2-8(6-9)7-12-5-4-11/h1-3,6H,4-5,7,11H2. The Labute approximate surface area is 77.3 Å². The average Bonchev–Trinajstić information content (AvgIpc) is 2.05. The molecule has 0 unspecified atom stereocenters. The van der Waals surface area contributed by atoms with Crippen LogP contribution in [0.2, 0.25) is 5.02 Å². The fourth-order valence-corrected chi connectivity index (χ4v) is 1.11. The van der Waals surface area contributed by atoms with E-state index in [9.17, 15) is 0 Å². The van der Waals surface area contributed by atoms with E-state index < -0.39 is 0 Å². The number of rotatable bonds is 4. The molecule has 0 amide bonds. The Morgan fingerprint density at radius 2 is 2.25 bits per heavy atom. The molecule has 0 bridgehead atoms. The average molecular weight is 186 g/mol. The van der Waals surface area contributed by atoms with Crippen LogP contribution < -0.4 is 5.73 Å². The second-order valence-electron chi connectivity index (χ2n) is 2.47. The van der Waals surface area contributed by atoms with Gasteiger partial charge in [-0.05, 0) is 17.7 Å². The van der Waals surface area contributed by atoms with Crippen molar-refractivity contribution in [2.45, 2.75) is 6.61 Å². The van der Waals surface area contributed by atoms with Crippen molar-refractivity contribution in [2.24, 2.45) is 5.73 Å². The lowest BCUT2D eigenvalue weighted by Crippen LogP contribution is -2.07. The molecule has 1 aromatic carbocycles. The van der Waals surface area contributed by atoms with Crippen LogP contribution in [-0.4, -0.2) is 13.2 Å². The third-order valence-electron chi connectivity index (χ3n) is 1.42. The first kappa shape index (κ1) is 9.52. The van der Waals surface area contributed by atoms with Crippen molar-refractivity contribution >= 4 is 11.6 Å². The number of ether oxygens (including phenoxy) is 1. The Hall–Kier alpha value is -0.570. The molecule has 1 rings (SSSR count). The van der Waals surface area contributed by atoms with Crippen LogP contribution in [0.25, 0.3) is 0 Å². The first-order valence-corrected chi connectivity index (χ1v) is 4.23. The number of hydrogen-bond donors (Lipinski definition) is 1. The lowest BCUT2D eigenvalue weighted by Gasteiger charge is -2.02. The summed E-state index contributed by atoms with van der Waals surface area (Å²) in [4.78, 5) is 0. The summed E-state index contributed by atoms with van der Waals surface area (Å²) >= 11 is 5.78. The molecular weight excluding hydrogens is 174 g/mol. The van der Waals surface area contributed by atoms with E-state index in [-0.39, 0.29) is 0 Å². The van der Waals surface area contributed by atoms with E-state index in [1.807, 2.05) is 24.3 Å². The SMILES string of the molecule is NCCOCc1cccc(Cl)c1. The summed E-state index contributed by atoms with van der Waals surface area (Å²) < 4.78 is 5.24. The molecule has 0 aliphatic rings. The number of benzene rings is 1.